The van der Waals surface area contributed by atoms with Gasteiger partial charge in [0.05, 0.1) is 12.0 Å². The van der Waals surface area contributed by atoms with E-state index >= 15 is 0 Å². The minimum atomic E-state index is -4.11. The third-order valence-corrected chi connectivity index (χ3v) is 5.04. The highest BCUT2D eigenvalue weighted by molar-refractivity contribution is 5.25. The molecule has 1 N–H and O–H groups in total. The number of alkyl halides is 3. The topological polar surface area (TPSA) is 61.6 Å². The number of hydrogen-bond acceptors (Lipinski definition) is 2. The first-order valence-corrected chi connectivity index (χ1v) is 8.80. The first-order valence-electron chi connectivity index (χ1n) is 8.80. The van der Waals surface area contributed by atoms with Gasteiger partial charge in [0, 0.05) is 29.6 Å². The summed E-state index contributed by atoms with van der Waals surface area (Å²) in [6.07, 6.45) is -2.21. The molecular weight excluding hydrogens is 331 g/mol. The van der Waals surface area contributed by atoms with Crippen molar-refractivity contribution in [2.75, 3.05) is 0 Å². The predicted molar refractivity (Wildman–Crippen MR) is 89.2 cm³/mol. The minimum Gasteiger partial charge on any atom is -0.299 e. The van der Waals surface area contributed by atoms with Gasteiger partial charge in [-0.25, -0.2) is 0 Å². The monoisotopic (exact) mass is 357 g/mol. The van der Waals surface area contributed by atoms with Gasteiger partial charge in [-0.05, 0) is 38.0 Å². The third-order valence-electron chi connectivity index (χ3n) is 5.04. The lowest BCUT2D eigenvalue weighted by atomic mass is 9.81. The Morgan fingerprint density at radius 1 is 1.20 bits per heavy atom. The lowest BCUT2D eigenvalue weighted by Crippen LogP contribution is -2.31. The van der Waals surface area contributed by atoms with Crippen molar-refractivity contribution in [3.8, 4) is 6.07 Å². The first-order chi connectivity index (χ1) is 11.5. The van der Waals surface area contributed by atoms with Crippen molar-refractivity contribution in [1.82, 2.24) is 9.78 Å². The zero-order chi connectivity index (χ0) is 18.8. The van der Waals surface area contributed by atoms with Crippen molar-refractivity contribution in [3.63, 3.8) is 0 Å². The van der Waals surface area contributed by atoms with Crippen molar-refractivity contribution >= 4 is 0 Å². The fraction of sp³-hybridized carbons (Fsp3) is 0.778. The molecule has 4 nitrogen and oxygen atoms in total. The van der Waals surface area contributed by atoms with E-state index in [4.69, 9.17) is 5.26 Å². The predicted octanol–water partition coefficient (Wildman–Crippen LogP) is 4.30. The van der Waals surface area contributed by atoms with E-state index < -0.39 is 12.1 Å². The number of rotatable bonds is 4. The van der Waals surface area contributed by atoms with Crippen LogP contribution in [0.1, 0.15) is 64.1 Å². The van der Waals surface area contributed by atoms with Crippen molar-refractivity contribution < 1.29 is 13.2 Å². The Hall–Kier alpha value is -1.71. The van der Waals surface area contributed by atoms with Crippen LogP contribution in [0.2, 0.25) is 0 Å². The summed E-state index contributed by atoms with van der Waals surface area (Å²) in [4.78, 5) is 12.7. The number of nitriles is 1. The number of halogens is 3. The van der Waals surface area contributed by atoms with E-state index in [2.05, 4.69) is 11.2 Å². The van der Waals surface area contributed by atoms with Crippen molar-refractivity contribution in [2.24, 2.45) is 11.8 Å². The molecule has 25 heavy (non-hydrogen) atoms. The van der Waals surface area contributed by atoms with Gasteiger partial charge in [0.2, 0.25) is 0 Å². The molecule has 0 unspecified atom stereocenters. The van der Waals surface area contributed by atoms with Crippen LogP contribution in [0, 0.1) is 23.2 Å². The van der Waals surface area contributed by atoms with Gasteiger partial charge in [-0.2, -0.15) is 18.4 Å². The lowest BCUT2D eigenvalue weighted by molar-refractivity contribution is -0.184. The Labute approximate surface area is 146 Å². The molecule has 7 heteroatoms. The Balaban J connectivity index is 2.14. The third kappa shape index (κ3) is 4.68. The highest BCUT2D eigenvalue weighted by atomic mass is 19.4. The number of aromatic nitrogens is 2. The molecule has 1 heterocycles. The van der Waals surface area contributed by atoms with Crippen LogP contribution in [0.3, 0.4) is 0 Å². The fourth-order valence-electron chi connectivity index (χ4n) is 3.62. The van der Waals surface area contributed by atoms with Crippen LogP contribution in [0.25, 0.3) is 0 Å². The van der Waals surface area contributed by atoms with Crippen LogP contribution < -0.4 is 5.56 Å². The largest absolute Gasteiger partial charge is 0.391 e. The van der Waals surface area contributed by atoms with E-state index in [0.717, 1.165) is 5.69 Å². The molecule has 140 valence electrons. The van der Waals surface area contributed by atoms with E-state index in [1.165, 1.54) is 4.68 Å². The molecule has 0 atom stereocenters. The molecule has 1 saturated carbocycles. The molecule has 0 saturated heterocycles. The Morgan fingerprint density at radius 3 is 2.28 bits per heavy atom. The van der Waals surface area contributed by atoms with Crippen LogP contribution in [-0.4, -0.2) is 16.0 Å². The van der Waals surface area contributed by atoms with Crippen LogP contribution in [0.4, 0.5) is 13.2 Å². The zero-order valence-corrected chi connectivity index (χ0v) is 15.0. The standard InChI is InChI=1S/C18H26F3N3O/c1-17(2,3)15-14(5-4-10-22)16(25)24(23-15)11-12-6-8-13(9-7-12)18(19,20)21/h12-13,23H,4-9,11H2,1-3H3. The molecule has 1 fully saturated rings. The quantitative estimate of drug-likeness (QED) is 0.873. The van der Waals surface area contributed by atoms with Gasteiger partial charge in [-0.1, -0.05) is 20.8 Å². The van der Waals surface area contributed by atoms with Gasteiger partial charge in [0.25, 0.3) is 5.56 Å². The lowest BCUT2D eigenvalue weighted by Gasteiger charge is -2.29. The van der Waals surface area contributed by atoms with Crippen LogP contribution in [0.15, 0.2) is 4.79 Å². The summed E-state index contributed by atoms with van der Waals surface area (Å²) in [5.74, 6) is -1.13. The summed E-state index contributed by atoms with van der Waals surface area (Å²) < 4.78 is 39.9. The molecule has 1 aromatic heterocycles. The molecular formula is C18H26F3N3O. The fourth-order valence-corrected chi connectivity index (χ4v) is 3.62. The summed E-state index contributed by atoms with van der Waals surface area (Å²) in [5.41, 5.74) is 1.04. The van der Waals surface area contributed by atoms with E-state index in [1.54, 1.807) is 0 Å². The zero-order valence-electron chi connectivity index (χ0n) is 15.0. The van der Waals surface area contributed by atoms with Gasteiger partial charge in [0.15, 0.2) is 0 Å². The van der Waals surface area contributed by atoms with E-state index in [9.17, 15) is 18.0 Å². The Bertz CT molecular complexity index is 680. The van der Waals surface area contributed by atoms with E-state index in [-0.39, 0.29) is 36.2 Å². The number of nitrogens with zero attached hydrogens (tertiary/aromatic N) is 2. The average molecular weight is 357 g/mol. The number of H-pyrrole nitrogens is 1. The SMILES string of the molecule is CC(C)(C)c1[nH]n(CC2CCC(C(F)(F)F)CC2)c(=O)c1CCC#N. The number of hydrogen-bond donors (Lipinski definition) is 1. The molecule has 1 aliphatic rings. The van der Waals surface area contributed by atoms with E-state index in [0.29, 0.717) is 31.4 Å². The van der Waals surface area contributed by atoms with Crippen molar-refractivity contribution in [2.45, 2.75) is 77.4 Å². The van der Waals surface area contributed by atoms with Gasteiger partial charge in [0.1, 0.15) is 0 Å². The van der Waals surface area contributed by atoms with Gasteiger partial charge in [-0.3, -0.25) is 14.6 Å². The second kappa shape index (κ2) is 7.27. The highest BCUT2D eigenvalue weighted by Gasteiger charge is 2.41. The molecule has 0 aromatic carbocycles. The maximum atomic E-state index is 12.8. The summed E-state index contributed by atoms with van der Waals surface area (Å²) in [7, 11) is 0. The average Bonchev–Trinajstić information content (AvgIpc) is 2.81. The molecule has 0 radical (unpaired) electrons. The summed E-state index contributed by atoms with van der Waals surface area (Å²) in [5, 5.41) is 12.0. The van der Waals surface area contributed by atoms with Crippen LogP contribution in [0.5, 0.6) is 0 Å². The normalized spacial score (nSPS) is 22.0. The number of aromatic amines is 1. The molecule has 0 spiro atoms. The molecule has 1 aromatic rings. The molecule has 0 aliphatic heterocycles. The molecule has 2 rings (SSSR count). The van der Waals surface area contributed by atoms with E-state index in [1.807, 2.05) is 20.8 Å². The first kappa shape index (κ1) is 19.6. The summed E-state index contributed by atoms with van der Waals surface area (Å²) in [6.45, 7) is 6.39. The van der Waals surface area contributed by atoms with Crippen molar-refractivity contribution in [1.29, 1.82) is 5.26 Å². The summed E-state index contributed by atoms with van der Waals surface area (Å²) in [6, 6.07) is 2.06. The highest BCUT2D eigenvalue weighted by Crippen LogP contribution is 2.39. The smallest absolute Gasteiger partial charge is 0.299 e. The van der Waals surface area contributed by atoms with Gasteiger partial charge >= 0.3 is 6.18 Å². The van der Waals surface area contributed by atoms with Crippen molar-refractivity contribution in [3.05, 3.63) is 21.6 Å². The maximum absolute atomic E-state index is 12.8. The molecule has 0 bridgehead atoms. The second-order valence-electron chi connectivity index (χ2n) is 8.05. The Kier molecular flexibility index (Phi) is 5.70. The Morgan fingerprint density at radius 2 is 1.80 bits per heavy atom. The molecule has 0 amide bonds. The van der Waals surface area contributed by atoms with Gasteiger partial charge < -0.3 is 0 Å². The second-order valence-corrected chi connectivity index (χ2v) is 8.05. The number of nitrogens with one attached hydrogen (secondary N) is 1. The minimum absolute atomic E-state index is 0.0755. The van der Waals surface area contributed by atoms with Crippen LogP contribution >= 0.6 is 0 Å². The van der Waals surface area contributed by atoms with Crippen LogP contribution in [-0.2, 0) is 18.4 Å². The van der Waals surface area contributed by atoms with Gasteiger partial charge in [-0.15, -0.1) is 0 Å². The maximum Gasteiger partial charge on any atom is 0.391 e. The summed E-state index contributed by atoms with van der Waals surface area (Å²) >= 11 is 0. The molecule has 1 aliphatic carbocycles.